The summed E-state index contributed by atoms with van der Waals surface area (Å²) in [4.78, 5) is 17.7. The topological polar surface area (TPSA) is 142 Å². The third-order valence-electron chi connectivity index (χ3n) is 6.23. The van der Waals surface area contributed by atoms with E-state index in [1.165, 1.54) is 4.80 Å². The van der Waals surface area contributed by atoms with E-state index >= 15 is 0 Å². The second-order valence-electron chi connectivity index (χ2n) is 8.47. The Morgan fingerprint density at radius 3 is 2.49 bits per heavy atom. The fourth-order valence-electron chi connectivity index (χ4n) is 4.38. The number of sulfonamides is 1. The van der Waals surface area contributed by atoms with Gasteiger partial charge in [0.15, 0.2) is 0 Å². The molecule has 0 saturated carbocycles. The van der Waals surface area contributed by atoms with Gasteiger partial charge in [-0.1, -0.05) is 18.6 Å². The number of primary amides is 1. The van der Waals surface area contributed by atoms with E-state index in [0.717, 1.165) is 24.8 Å². The number of carbonyl (C=O) groups is 1. The maximum Gasteiger partial charge on any atom is 0.248 e. The number of aryl methyl sites for hydroxylation is 1. The van der Waals surface area contributed by atoms with Crippen LogP contribution in [-0.2, 0) is 23.1 Å². The lowest BCUT2D eigenvalue weighted by Crippen LogP contribution is -2.35. The Hall–Kier alpha value is -3.64. The number of rotatable bonds is 7. The molecule has 1 amide bonds. The van der Waals surface area contributed by atoms with Gasteiger partial charge < -0.3 is 10.3 Å². The van der Waals surface area contributed by atoms with Crippen molar-refractivity contribution in [2.45, 2.75) is 44.2 Å². The quantitative estimate of drug-likeness (QED) is 0.414. The van der Waals surface area contributed by atoms with E-state index in [4.69, 9.17) is 10.7 Å². The zero-order valence-corrected chi connectivity index (χ0v) is 20.1. The highest BCUT2D eigenvalue weighted by molar-refractivity contribution is 7.89. The SMILES string of the molecule is CCn1c(Cn2nnc(-c3ccc(C(N)=O)cc3)n2)nc2cc(S(=O)(=O)N3CCCCC3)ccc21. The summed E-state index contributed by atoms with van der Waals surface area (Å²) in [5.74, 6) is 0.608. The van der Waals surface area contributed by atoms with Crippen LogP contribution in [0.4, 0.5) is 0 Å². The molecule has 4 aromatic rings. The van der Waals surface area contributed by atoms with Crippen LogP contribution in [0.15, 0.2) is 47.4 Å². The molecule has 0 unspecified atom stereocenters. The molecular formula is C23H26N8O3S. The van der Waals surface area contributed by atoms with Gasteiger partial charge in [0.2, 0.25) is 21.8 Å². The normalized spacial score (nSPS) is 15.0. The van der Waals surface area contributed by atoms with Gasteiger partial charge in [-0.3, -0.25) is 4.79 Å². The van der Waals surface area contributed by atoms with Crippen LogP contribution in [0.3, 0.4) is 0 Å². The van der Waals surface area contributed by atoms with E-state index in [9.17, 15) is 13.2 Å². The Morgan fingerprint density at radius 1 is 1.06 bits per heavy atom. The summed E-state index contributed by atoms with van der Waals surface area (Å²) in [6.45, 7) is 4.04. The molecule has 1 fully saturated rings. The average Bonchev–Trinajstić information content (AvgIpc) is 3.48. The van der Waals surface area contributed by atoms with Crippen molar-refractivity contribution in [3.8, 4) is 11.4 Å². The number of amides is 1. The molecule has 2 aromatic carbocycles. The molecule has 5 rings (SSSR count). The highest BCUT2D eigenvalue weighted by atomic mass is 32.2. The van der Waals surface area contributed by atoms with Crippen LogP contribution in [0.5, 0.6) is 0 Å². The van der Waals surface area contributed by atoms with Crippen molar-refractivity contribution in [2.75, 3.05) is 13.1 Å². The first-order valence-corrected chi connectivity index (χ1v) is 13.0. The number of tetrazole rings is 1. The molecule has 2 N–H and O–H groups in total. The van der Waals surface area contributed by atoms with Gasteiger partial charge >= 0.3 is 0 Å². The van der Waals surface area contributed by atoms with Gasteiger partial charge in [0, 0.05) is 30.8 Å². The fraction of sp³-hybridized carbons (Fsp3) is 0.348. The van der Waals surface area contributed by atoms with Crippen LogP contribution in [0.1, 0.15) is 42.4 Å². The van der Waals surface area contributed by atoms with Gasteiger partial charge in [0.1, 0.15) is 12.4 Å². The molecule has 3 heterocycles. The molecule has 2 aromatic heterocycles. The third-order valence-corrected chi connectivity index (χ3v) is 8.13. The number of piperidine rings is 1. The van der Waals surface area contributed by atoms with E-state index in [2.05, 4.69) is 15.4 Å². The third kappa shape index (κ3) is 4.42. The highest BCUT2D eigenvalue weighted by Crippen LogP contribution is 2.25. The second kappa shape index (κ2) is 9.19. The highest BCUT2D eigenvalue weighted by Gasteiger charge is 2.26. The van der Waals surface area contributed by atoms with Crippen molar-refractivity contribution in [2.24, 2.45) is 5.73 Å². The summed E-state index contributed by atoms with van der Waals surface area (Å²) in [7, 11) is -3.54. The summed E-state index contributed by atoms with van der Waals surface area (Å²) in [5.41, 5.74) is 7.86. The van der Waals surface area contributed by atoms with Gasteiger partial charge in [-0.15, -0.1) is 10.2 Å². The molecule has 12 heteroatoms. The number of aromatic nitrogens is 6. The predicted molar refractivity (Wildman–Crippen MR) is 129 cm³/mol. The van der Waals surface area contributed by atoms with Crippen LogP contribution < -0.4 is 5.73 Å². The summed E-state index contributed by atoms with van der Waals surface area (Å²) in [6.07, 6.45) is 2.84. The van der Waals surface area contributed by atoms with Crippen molar-refractivity contribution in [1.82, 2.24) is 34.1 Å². The lowest BCUT2D eigenvalue weighted by molar-refractivity contribution is 0.100. The van der Waals surface area contributed by atoms with Gasteiger partial charge in [-0.2, -0.15) is 9.10 Å². The molecule has 1 saturated heterocycles. The molecule has 182 valence electrons. The first-order valence-electron chi connectivity index (χ1n) is 11.5. The lowest BCUT2D eigenvalue weighted by atomic mass is 10.1. The minimum atomic E-state index is -3.54. The number of nitrogens with two attached hydrogens (primary N) is 1. The van der Waals surface area contributed by atoms with Gasteiger partial charge in [-0.25, -0.2) is 13.4 Å². The number of hydrogen-bond donors (Lipinski definition) is 1. The number of carbonyl (C=O) groups excluding carboxylic acids is 1. The Morgan fingerprint density at radius 2 is 1.80 bits per heavy atom. The first-order chi connectivity index (χ1) is 16.9. The number of benzene rings is 2. The molecule has 11 nitrogen and oxygen atoms in total. The Bertz CT molecular complexity index is 1480. The Labute approximate surface area is 202 Å². The zero-order chi connectivity index (χ0) is 24.6. The smallest absolute Gasteiger partial charge is 0.248 e. The number of fused-ring (bicyclic) bond motifs is 1. The van der Waals surface area contributed by atoms with Crippen molar-refractivity contribution in [3.63, 3.8) is 0 Å². The van der Waals surface area contributed by atoms with Crippen molar-refractivity contribution >= 4 is 27.0 Å². The summed E-state index contributed by atoms with van der Waals surface area (Å²) in [6, 6.07) is 11.8. The van der Waals surface area contributed by atoms with E-state index < -0.39 is 15.9 Å². The van der Waals surface area contributed by atoms with Crippen LogP contribution in [0.2, 0.25) is 0 Å². The van der Waals surface area contributed by atoms with E-state index in [0.29, 0.717) is 47.9 Å². The lowest BCUT2D eigenvalue weighted by Gasteiger charge is -2.25. The maximum atomic E-state index is 13.1. The molecule has 0 radical (unpaired) electrons. The minimum absolute atomic E-state index is 0.264. The van der Waals surface area contributed by atoms with Crippen LogP contribution in [-0.4, -0.2) is 61.5 Å². The molecule has 0 spiro atoms. The van der Waals surface area contributed by atoms with E-state index in [1.54, 1.807) is 40.7 Å². The Kier molecular flexibility index (Phi) is 6.07. The standard InChI is InChI=1S/C23H26N8O3S/c1-2-30-20-11-10-18(35(33,34)29-12-4-3-5-13-29)14-19(20)25-21(30)15-31-27-23(26-28-31)17-8-6-16(7-9-17)22(24)32/h6-11,14H,2-5,12-13,15H2,1H3,(H2,24,32). The second-order valence-corrected chi connectivity index (χ2v) is 10.4. The summed E-state index contributed by atoms with van der Waals surface area (Å²) in [5, 5.41) is 12.7. The Balaban J connectivity index is 1.42. The molecule has 0 bridgehead atoms. The molecule has 1 aliphatic rings. The largest absolute Gasteiger partial charge is 0.366 e. The monoisotopic (exact) mass is 494 g/mol. The number of imidazole rings is 1. The summed E-state index contributed by atoms with van der Waals surface area (Å²) >= 11 is 0. The molecule has 0 atom stereocenters. The number of hydrogen-bond acceptors (Lipinski definition) is 7. The number of nitrogens with zero attached hydrogens (tertiary/aromatic N) is 7. The van der Waals surface area contributed by atoms with Gasteiger partial charge in [0.25, 0.3) is 0 Å². The fourth-order valence-corrected chi connectivity index (χ4v) is 5.92. The molecule has 1 aliphatic heterocycles. The average molecular weight is 495 g/mol. The van der Waals surface area contributed by atoms with Gasteiger partial charge in [0.05, 0.1) is 15.9 Å². The summed E-state index contributed by atoms with van der Waals surface area (Å²) < 4.78 is 29.8. The van der Waals surface area contributed by atoms with Crippen LogP contribution in [0.25, 0.3) is 22.4 Å². The van der Waals surface area contributed by atoms with Crippen molar-refractivity contribution < 1.29 is 13.2 Å². The zero-order valence-electron chi connectivity index (χ0n) is 19.3. The van der Waals surface area contributed by atoms with E-state index in [-0.39, 0.29) is 11.4 Å². The first kappa shape index (κ1) is 23.1. The molecular weight excluding hydrogens is 468 g/mol. The molecule has 35 heavy (non-hydrogen) atoms. The minimum Gasteiger partial charge on any atom is -0.366 e. The molecule has 0 aliphatic carbocycles. The van der Waals surface area contributed by atoms with E-state index in [1.807, 2.05) is 17.6 Å². The van der Waals surface area contributed by atoms with Crippen molar-refractivity contribution in [1.29, 1.82) is 0 Å². The van der Waals surface area contributed by atoms with Crippen molar-refractivity contribution in [3.05, 3.63) is 53.9 Å². The van der Waals surface area contributed by atoms with Gasteiger partial charge in [-0.05, 0) is 55.3 Å². The predicted octanol–water partition coefficient (Wildman–Crippen LogP) is 2.03. The van der Waals surface area contributed by atoms with Crippen LogP contribution >= 0.6 is 0 Å². The van der Waals surface area contributed by atoms with Crippen LogP contribution in [0, 0.1) is 0 Å². The maximum absolute atomic E-state index is 13.1.